The number of benzene rings is 2. The molecule has 198 valence electrons. The smallest absolute Gasteiger partial charge is 0.418 e. The average Bonchev–Trinajstić information content (AvgIpc) is 3.59. The van der Waals surface area contributed by atoms with Crippen LogP contribution in [0.4, 0.5) is 22.4 Å². The maximum Gasteiger partial charge on any atom is 0.418 e. The standard InChI is InChI=1S/C27H22F4N2O5/c1-16(27(29,30)31)32(14-17-4-7-20(28)8-5-17)23(34)15-33-24(35)26(38-25(33)36)11-10-18-13-19(6-9-21(18)26)22-3-2-12-37-22/h2-9,12-13,16H,10-11,14-15H2,1H3/t16-,26+/m0/s1. The Morgan fingerprint density at radius 3 is 2.53 bits per heavy atom. The first-order chi connectivity index (χ1) is 18.0. The molecule has 2 aromatic carbocycles. The lowest BCUT2D eigenvalue weighted by atomic mass is 9.94. The number of carbonyl (C=O) groups is 3. The third kappa shape index (κ3) is 4.42. The summed E-state index contributed by atoms with van der Waals surface area (Å²) in [5.74, 6) is -1.87. The van der Waals surface area contributed by atoms with Crippen molar-refractivity contribution < 1.29 is 41.1 Å². The van der Waals surface area contributed by atoms with E-state index in [9.17, 15) is 31.9 Å². The number of ether oxygens (including phenoxy) is 1. The van der Waals surface area contributed by atoms with Crippen LogP contribution in [0.15, 0.2) is 65.3 Å². The van der Waals surface area contributed by atoms with Crippen LogP contribution in [0.3, 0.4) is 0 Å². The van der Waals surface area contributed by atoms with Crippen molar-refractivity contribution in [1.82, 2.24) is 9.80 Å². The fraction of sp³-hybridized carbons (Fsp3) is 0.296. The van der Waals surface area contributed by atoms with Crippen LogP contribution in [-0.2, 0) is 32.9 Å². The summed E-state index contributed by atoms with van der Waals surface area (Å²) in [6, 6.07) is 11.1. The van der Waals surface area contributed by atoms with Gasteiger partial charge in [0, 0.05) is 24.1 Å². The minimum atomic E-state index is -4.78. The Morgan fingerprint density at radius 2 is 1.87 bits per heavy atom. The zero-order chi connectivity index (χ0) is 27.2. The summed E-state index contributed by atoms with van der Waals surface area (Å²) < 4.78 is 65.0. The second-order valence-corrected chi connectivity index (χ2v) is 9.30. The van der Waals surface area contributed by atoms with Gasteiger partial charge in [-0.25, -0.2) is 14.1 Å². The van der Waals surface area contributed by atoms with Gasteiger partial charge in [0.15, 0.2) is 0 Å². The Kier molecular flexibility index (Phi) is 6.24. The molecule has 3 amide bonds. The Morgan fingerprint density at radius 1 is 1.13 bits per heavy atom. The van der Waals surface area contributed by atoms with E-state index in [1.807, 2.05) is 6.07 Å². The van der Waals surface area contributed by atoms with E-state index in [0.717, 1.165) is 30.2 Å². The minimum Gasteiger partial charge on any atom is -0.464 e. The van der Waals surface area contributed by atoms with Gasteiger partial charge >= 0.3 is 12.3 Å². The molecule has 2 heterocycles. The quantitative estimate of drug-likeness (QED) is 0.410. The molecule has 7 nitrogen and oxygen atoms in total. The van der Waals surface area contributed by atoms with Crippen LogP contribution in [0.2, 0.25) is 0 Å². The lowest BCUT2D eigenvalue weighted by Gasteiger charge is -2.31. The number of aryl methyl sites for hydroxylation is 1. The minimum absolute atomic E-state index is 0.136. The van der Waals surface area contributed by atoms with E-state index in [1.54, 1.807) is 24.3 Å². The molecule has 2 atom stereocenters. The highest BCUT2D eigenvalue weighted by Gasteiger charge is 2.58. The van der Waals surface area contributed by atoms with E-state index < -0.39 is 54.6 Å². The molecule has 1 aliphatic carbocycles. The van der Waals surface area contributed by atoms with E-state index >= 15 is 0 Å². The van der Waals surface area contributed by atoms with Crippen molar-refractivity contribution in [3.8, 4) is 11.3 Å². The van der Waals surface area contributed by atoms with Gasteiger partial charge in [-0.3, -0.25) is 9.59 Å². The van der Waals surface area contributed by atoms with E-state index in [2.05, 4.69) is 0 Å². The van der Waals surface area contributed by atoms with Crippen LogP contribution >= 0.6 is 0 Å². The third-order valence-corrected chi connectivity index (χ3v) is 6.99. The summed E-state index contributed by atoms with van der Waals surface area (Å²) in [5, 5.41) is 0. The number of hydrogen-bond donors (Lipinski definition) is 0. The zero-order valence-electron chi connectivity index (χ0n) is 20.1. The normalized spacial score (nSPS) is 19.6. The topological polar surface area (TPSA) is 80.1 Å². The maximum atomic E-state index is 13.6. The molecule has 1 fully saturated rings. The highest BCUT2D eigenvalue weighted by Crippen LogP contribution is 2.46. The molecule has 11 heteroatoms. The van der Waals surface area contributed by atoms with Crippen molar-refractivity contribution in [3.05, 3.63) is 83.4 Å². The SMILES string of the molecule is C[C@H](N(Cc1ccc(F)cc1)C(=O)CN1C(=O)O[C@@]2(CCc3cc(-c4ccco4)ccc32)C1=O)C(F)(F)F. The first kappa shape index (κ1) is 25.5. The average molecular weight is 530 g/mol. The highest BCUT2D eigenvalue weighted by molar-refractivity contribution is 6.06. The summed E-state index contributed by atoms with van der Waals surface area (Å²) in [6.07, 6.45) is -3.81. The molecule has 0 bridgehead atoms. The van der Waals surface area contributed by atoms with Crippen LogP contribution in [0, 0.1) is 5.82 Å². The predicted molar refractivity (Wildman–Crippen MR) is 125 cm³/mol. The van der Waals surface area contributed by atoms with Crippen LogP contribution in [-0.4, -0.2) is 46.5 Å². The maximum absolute atomic E-state index is 13.6. The van der Waals surface area contributed by atoms with Crippen molar-refractivity contribution in [1.29, 1.82) is 0 Å². The first-order valence-corrected chi connectivity index (χ1v) is 11.8. The van der Waals surface area contributed by atoms with Crippen molar-refractivity contribution in [2.75, 3.05) is 6.54 Å². The van der Waals surface area contributed by atoms with Crippen molar-refractivity contribution >= 4 is 17.9 Å². The monoisotopic (exact) mass is 530 g/mol. The molecule has 1 aliphatic heterocycles. The molecule has 1 spiro atoms. The second-order valence-electron chi connectivity index (χ2n) is 9.30. The molecule has 2 aliphatic rings. The summed E-state index contributed by atoms with van der Waals surface area (Å²) in [5.41, 5.74) is 0.600. The molecular formula is C27H22F4N2O5. The van der Waals surface area contributed by atoms with Crippen LogP contribution in [0.5, 0.6) is 0 Å². The molecule has 0 unspecified atom stereocenters. The Labute approximate surface area is 214 Å². The fourth-order valence-corrected chi connectivity index (χ4v) is 4.88. The number of fused-ring (bicyclic) bond motifs is 2. The van der Waals surface area contributed by atoms with Crippen LogP contribution in [0.1, 0.15) is 30.0 Å². The third-order valence-electron chi connectivity index (χ3n) is 6.99. The Balaban J connectivity index is 1.39. The fourth-order valence-electron chi connectivity index (χ4n) is 4.88. The van der Waals surface area contributed by atoms with Gasteiger partial charge in [-0.05, 0) is 54.8 Å². The van der Waals surface area contributed by atoms with Crippen molar-refractivity contribution in [2.24, 2.45) is 0 Å². The number of rotatable bonds is 6. The number of halogens is 4. The van der Waals surface area contributed by atoms with Gasteiger partial charge in [-0.15, -0.1) is 0 Å². The highest BCUT2D eigenvalue weighted by atomic mass is 19.4. The molecule has 38 heavy (non-hydrogen) atoms. The molecule has 1 aromatic heterocycles. The van der Waals surface area contributed by atoms with Crippen LogP contribution < -0.4 is 0 Å². The number of furan rings is 1. The molecule has 5 rings (SSSR count). The van der Waals surface area contributed by atoms with Crippen LogP contribution in [0.25, 0.3) is 11.3 Å². The van der Waals surface area contributed by atoms with Gasteiger partial charge in [0.2, 0.25) is 11.5 Å². The van der Waals surface area contributed by atoms with E-state index in [4.69, 9.17) is 9.15 Å². The van der Waals surface area contributed by atoms with Gasteiger partial charge in [0.05, 0.1) is 6.26 Å². The Bertz CT molecular complexity index is 1390. The summed E-state index contributed by atoms with van der Waals surface area (Å²) in [6.45, 7) is -0.627. The van der Waals surface area contributed by atoms with Gasteiger partial charge in [0.25, 0.3) is 5.91 Å². The lowest BCUT2D eigenvalue weighted by Crippen LogP contribution is -2.51. The molecular weight excluding hydrogens is 508 g/mol. The second kappa shape index (κ2) is 9.30. The number of amides is 3. The molecule has 1 saturated heterocycles. The largest absolute Gasteiger partial charge is 0.464 e. The summed E-state index contributed by atoms with van der Waals surface area (Å²) >= 11 is 0. The van der Waals surface area contributed by atoms with Gasteiger partial charge in [0.1, 0.15) is 24.2 Å². The number of nitrogens with zero attached hydrogens (tertiary/aromatic N) is 2. The predicted octanol–water partition coefficient (Wildman–Crippen LogP) is 5.19. The molecule has 0 N–H and O–H groups in total. The van der Waals surface area contributed by atoms with Crippen molar-refractivity contribution in [3.63, 3.8) is 0 Å². The Hall–Kier alpha value is -4.15. The van der Waals surface area contributed by atoms with Gasteiger partial charge in [-0.1, -0.05) is 24.3 Å². The zero-order valence-corrected chi connectivity index (χ0v) is 20.1. The van der Waals surface area contributed by atoms with Crippen molar-refractivity contribution in [2.45, 2.75) is 44.1 Å². The summed E-state index contributed by atoms with van der Waals surface area (Å²) in [4.78, 5) is 40.4. The molecule has 0 radical (unpaired) electrons. The van der Waals surface area contributed by atoms with Gasteiger partial charge in [-0.2, -0.15) is 13.2 Å². The number of imide groups is 1. The molecule has 3 aromatic rings. The lowest BCUT2D eigenvalue weighted by molar-refractivity contribution is -0.187. The molecule has 0 saturated carbocycles. The van der Waals surface area contributed by atoms with E-state index in [0.29, 0.717) is 27.5 Å². The first-order valence-electron chi connectivity index (χ1n) is 11.8. The van der Waals surface area contributed by atoms with E-state index in [-0.39, 0.29) is 12.0 Å². The number of hydrogen-bond acceptors (Lipinski definition) is 5. The van der Waals surface area contributed by atoms with Gasteiger partial charge < -0.3 is 14.1 Å². The number of carbonyl (C=O) groups excluding carboxylic acids is 3. The van der Waals surface area contributed by atoms with E-state index in [1.165, 1.54) is 18.4 Å². The number of alkyl halides is 3. The summed E-state index contributed by atoms with van der Waals surface area (Å²) in [7, 11) is 0.